The first-order chi connectivity index (χ1) is 16.4. The van der Waals surface area contributed by atoms with Crippen molar-refractivity contribution in [2.45, 2.75) is 52.1 Å². The Kier molecular flexibility index (Phi) is 7.80. The highest BCUT2D eigenvalue weighted by Crippen LogP contribution is 2.33. The first kappa shape index (κ1) is 24.2. The molecule has 0 saturated carbocycles. The van der Waals surface area contributed by atoms with E-state index in [4.69, 9.17) is 21.1 Å². The second-order valence-electron chi connectivity index (χ2n) is 8.66. The van der Waals surface area contributed by atoms with E-state index in [1.54, 1.807) is 24.4 Å². The van der Waals surface area contributed by atoms with Crippen LogP contribution in [0.25, 0.3) is 10.9 Å². The normalized spacial score (nSPS) is 15.4. The summed E-state index contributed by atoms with van der Waals surface area (Å²) in [7, 11) is 0. The highest BCUT2D eigenvalue weighted by Gasteiger charge is 2.19. The molecule has 0 bridgehead atoms. The predicted molar refractivity (Wildman–Crippen MR) is 133 cm³/mol. The van der Waals surface area contributed by atoms with Crippen molar-refractivity contribution < 1.29 is 19.1 Å². The first-order valence-electron chi connectivity index (χ1n) is 11.7. The predicted octanol–water partition coefficient (Wildman–Crippen LogP) is 5.81. The molecule has 6 nitrogen and oxygen atoms in total. The largest absolute Gasteiger partial charge is 0.457 e. The van der Waals surface area contributed by atoms with Gasteiger partial charge in [-0.3, -0.25) is 14.6 Å². The lowest BCUT2D eigenvalue weighted by atomic mass is 10.0. The van der Waals surface area contributed by atoms with Gasteiger partial charge in [-0.05, 0) is 67.6 Å². The van der Waals surface area contributed by atoms with E-state index in [9.17, 15) is 9.59 Å². The number of aromatic nitrogens is 1. The van der Waals surface area contributed by atoms with Crippen LogP contribution in [0.4, 0.5) is 0 Å². The van der Waals surface area contributed by atoms with Gasteiger partial charge in [0.2, 0.25) is 0 Å². The maximum absolute atomic E-state index is 12.9. The molecule has 1 atom stereocenters. The van der Waals surface area contributed by atoms with Crippen molar-refractivity contribution in [3.8, 4) is 11.5 Å². The number of fused-ring (bicyclic) bond motifs is 1. The lowest BCUT2D eigenvalue weighted by molar-refractivity contribution is -0.118. The number of pyridine rings is 1. The summed E-state index contributed by atoms with van der Waals surface area (Å²) in [6.07, 6.45) is 5.42. The molecule has 0 unspecified atom stereocenters. The molecule has 0 spiro atoms. The molecule has 7 heteroatoms. The van der Waals surface area contributed by atoms with Gasteiger partial charge < -0.3 is 14.8 Å². The number of benzene rings is 2. The van der Waals surface area contributed by atoms with Crippen LogP contribution in [0.1, 0.15) is 54.1 Å². The van der Waals surface area contributed by atoms with Crippen molar-refractivity contribution in [2.24, 2.45) is 0 Å². The first-order valence-corrected chi connectivity index (χ1v) is 12.1. The summed E-state index contributed by atoms with van der Waals surface area (Å²) in [5.41, 5.74) is 2.93. The lowest BCUT2D eigenvalue weighted by Gasteiger charge is -2.14. The minimum absolute atomic E-state index is 0.0789. The minimum Gasteiger partial charge on any atom is -0.457 e. The second kappa shape index (κ2) is 11.0. The van der Waals surface area contributed by atoms with Gasteiger partial charge in [-0.1, -0.05) is 24.6 Å². The molecule has 2 heterocycles. The third-order valence-corrected chi connectivity index (χ3v) is 6.33. The summed E-state index contributed by atoms with van der Waals surface area (Å²) in [5.74, 6) is 1.14. The Balaban J connectivity index is 1.55. The summed E-state index contributed by atoms with van der Waals surface area (Å²) >= 11 is 6.43. The van der Waals surface area contributed by atoms with Crippen LogP contribution in [-0.4, -0.2) is 35.9 Å². The summed E-state index contributed by atoms with van der Waals surface area (Å²) in [6.45, 7) is 5.13. The fourth-order valence-corrected chi connectivity index (χ4v) is 4.39. The maximum Gasteiger partial charge on any atom is 0.251 e. The van der Waals surface area contributed by atoms with E-state index in [-0.39, 0.29) is 17.8 Å². The van der Waals surface area contributed by atoms with Gasteiger partial charge in [-0.25, -0.2) is 0 Å². The van der Waals surface area contributed by atoms with Crippen molar-refractivity contribution in [1.82, 2.24) is 10.3 Å². The van der Waals surface area contributed by atoms with E-state index in [0.29, 0.717) is 41.5 Å². The molecule has 0 aliphatic carbocycles. The number of nitrogens with one attached hydrogen (secondary N) is 1. The van der Waals surface area contributed by atoms with E-state index in [1.807, 2.05) is 32.0 Å². The summed E-state index contributed by atoms with van der Waals surface area (Å²) < 4.78 is 11.7. The SMILES string of the molecule is CCCC(=O)Cc1ccc(Oc2ccnc3cc(C)c(C(=O)NC[C@@H]4CCCO4)cc23)cc1Cl. The molecule has 1 fully saturated rings. The average Bonchev–Trinajstić information content (AvgIpc) is 3.33. The van der Waals surface area contributed by atoms with E-state index in [0.717, 1.165) is 47.9 Å². The van der Waals surface area contributed by atoms with Gasteiger partial charge in [0.15, 0.2) is 0 Å². The van der Waals surface area contributed by atoms with Gasteiger partial charge in [0, 0.05) is 48.2 Å². The molecule has 0 radical (unpaired) electrons. The number of ether oxygens (including phenoxy) is 2. The van der Waals surface area contributed by atoms with Gasteiger partial charge in [-0.2, -0.15) is 0 Å². The van der Waals surface area contributed by atoms with Gasteiger partial charge in [0.25, 0.3) is 5.91 Å². The van der Waals surface area contributed by atoms with E-state index >= 15 is 0 Å². The van der Waals surface area contributed by atoms with Crippen LogP contribution in [0.15, 0.2) is 42.6 Å². The summed E-state index contributed by atoms with van der Waals surface area (Å²) in [5, 5.41) is 4.20. The van der Waals surface area contributed by atoms with Crippen LogP contribution >= 0.6 is 11.6 Å². The molecular weight excluding hydrogens is 452 g/mol. The monoisotopic (exact) mass is 480 g/mol. The smallest absolute Gasteiger partial charge is 0.251 e. The van der Waals surface area contributed by atoms with Gasteiger partial charge >= 0.3 is 0 Å². The number of Topliss-reactive ketones (excluding diaryl/α,β-unsaturated/α-hetero) is 1. The molecule has 4 rings (SSSR count). The van der Waals surface area contributed by atoms with Gasteiger partial charge in [0.1, 0.15) is 17.3 Å². The van der Waals surface area contributed by atoms with Crippen molar-refractivity contribution in [3.05, 3.63) is 64.3 Å². The van der Waals surface area contributed by atoms with E-state index < -0.39 is 0 Å². The number of nitrogens with zero attached hydrogens (tertiary/aromatic N) is 1. The topological polar surface area (TPSA) is 77.5 Å². The Bertz CT molecular complexity index is 1200. The zero-order chi connectivity index (χ0) is 24.1. The molecule has 1 aromatic heterocycles. The molecule has 1 saturated heterocycles. The fourth-order valence-electron chi connectivity index (χ4n) is 4.15. The number of aryl methyl sites for hydroxylation is 1. The molecular formula is C27H29ClN2O4. The van der Waals surface area contributed by atoms with Crippen LogP contribution < -0.4 is 10.1 Å². The molecule has 3 aromatic rings. The fraction of sp³-hybridized carbons (Fsp3) is 0.370. The quantitative estimate of drug-likeness (QED) is 0.418. The van der Waals surface area contributed by atoms with Crippen molar-refractivity contribution in [1.29, 1.82) is 0 Å². The standard InChI is InChI=1S/C27H29ClN2O4/c1-3-5-19(31)13-18-7-8-20(14-24(18)28)34-26-9-10-29-25-12-17(2)22(15-23(25)26)27(32)30-16-21-6-4-11-33-21/h7-10,12,14-15,21H,3-6,11,13,16H2,1-2H3,(H,30,32)/t21-/m0/s1. The number of ketones is 1. The van der Waals surface area contributed by atoms with Crippen LogP contribution in [0.3, 0.4) is 0 Å². The molecule has 1 amide bonds. The molecule has 2 aromatic carbocycles. The molecule has 34 heavy (non-hydrogen) atoms. The highest BCUT2D eigenvalue weighted by molar-refractivity contribution is 6.31. The van der Waals surface area contributed by atoms with Crippen LogP contribution in [0, 0.1) is 6.92 Å². The molecule has 1 N–H and O–H groups in total. The number of hydrogen-bond donors (Lipinski definition) is 1. The average molecular weight is 481 g/mol. The number of carbonyl (C=O) groups excluding carboxylic acids is 2. The maximum atomic E-state index is 12.9. The Morgan fingerprint density at radius 1 is 1.24 bits per heavy atom. The Morgan fingerprint density at radius 3 is 2.82 bits per heavy atom. The van der Waals surface area contributed by atoms with Crippen molar-refractivity contribution in [3.63, 3.8) is 0 Å². The van der Waals surface area contributed by atoms with Crippen LogP contribution in [0.2, 0.25) is 5.02 Å². The van der Waals surface area contributed by atoms with Crippen molar-refractivity contribution >= 4 is 34.2 Å². The van der Waals surface area contributed by atoms with E-state index in [2.05, 4.69) is 10.3 Å². The molecule has 1 aliphatic heterocycles. The number of amides is 1. The number of hydrogen-bond acceptors (Lipinski definition) is 5. The number of halogens is 1. The number of carbonyl (C=O) groups is 2. The van der Waals surface area contributed by atoms with Crippen LogP contribution in [0.5, 0.6) is 11.5 Å². The zero-order valence-electron chi connectivity index (χ0n) is 19.5. The van der Waals surface area contributed by atoms with Gasteiger partial charge in [0.05, 0.1) is 11.6 Å². The Hall–Kier alpha value is -2.96. The third kappa shape index (κ3) is 5.75. The Labute approximate surface area is 204 Å². The van der Waals surface area contributed by atoms with Gasteiger partial charge in [-0.15, -0.1) is 0 Å². The summed E-state index contributed by atoms with van der Waals surface area (Å²) in [4.78, 5) is 29.3. The number of rotatable bonds is 9. The highest BCUT2D eigenvalue weighted by atomic mass is 35.5. The Morgan fingerprint density at radius 2 is 2.09 bits per heavy atom. The third-order valence-electron chi connectivity index (χ3n) is 5.98. The molecule has 1 aliphatic rings. The van der Waals surface area contributed by atoms with Crippen molar-refractivity contribution in [2.75, 3.05) is 13.2 Å². The van der Waals surface area contributed by atoms with E-state index in [1.165, 1.54) is 0 Å². The summed E-state index contributed by atoms with van der Waals surface area (Å²) in [6, 6.07) is 10.8. The van der Waals surface area contributed by atoms with Crippen LogP contribution in [-0.2, 0) is 16.0 Å². The minimum atomic E-state index is -0.145. The lowest BCUT2D eigenvalue weighted by Crippen LogP contribution is -2.32. The zero-order valence-corrected chi connectivity index (χ0v) is 20.3. The molecule has 178 valence electrons. The second-order valence-corrected chi connectivity index (χ2v) is 9.07.